The summed E-state index contributed by atoms with van der Waals surface area (Å²) >= 11 is 9.13. The number of ether oxygens (including phenoxy) is 1. The Morgan fingerprint density at radius 3 is 2.82 bits per heavy atom. The third kappa shape index (κ3) is 4.29. The number of hydrogen-bond donors (Lipinski definition) is 1. The van der Waals surface area contributed by atoms with Crippen LogP contribution in [0.15, 0.2) is 41.0 Å². The van der Waals surface area contributed by atoms with E-state index in [-0.39, 0.29) is 10.7 Å². The van der Waals surface area contributed by atoms with Crippen LogP contribution in [0.3, 0.4) is 0 Å². The fraction of sp³-hybridized carbons (Fsp3) is 0.133. The average molecular weight is 384 g/mol. The first-order valence-corrected chi connectivity index (χ1v) is 7.48. The quantitative estimate of drug-likeness (QED) is 0.647. The van der Waals surface area contributed by atoms with Gasteiger partial charge in [0.1, 0.15) is 5.15 Å². The number of carbonyl (C=O) groups is 2. The molecule has 1 amide bonds. The highest BCUT2D eigenvalue weighted by Gasteiger charge is 2.14. The first kappa shape index (κ1) is 16.5. The molecule has 0 unspecified atom stereocenters. The SMILES string of the molecule is Cc1ccc(NC(=O)COC(=O)c2cccnc2Cl)c(Br)c1. The van der Waals surface area contributed by atoms with Gasteiger partial charge >= 0.3 is 5.97 Å². The van der Waals surface area contributed by atoms with Crippen molar-refractivity contribution in [3.8, 4) is 0 Å². The van der Waals surface area contributed by atoms with Crippen LogP contribution in [-0.2, 0) is 9.53 Å². The van der Waals surface area contributed by atoms with E-state index in [4.69, 9.17) is 16.3 Å². The van der Waals surface area contributed by atoms with E-state index < -0.39 is 18.5 Å². The molecule has 1 aromatic heterocycles. The number of anilines is 1. The van der Waals surface area contributed by atoms with Crippen LogP contribution < -0.4 is 5.32 Å². The molecule has 114 valence electrons. The van der Waals surface area contributed by atoms with Gasteiger partial charge in [0, 0.05) is 10.7 Å². The number of halogens is 2. The number of amides is 1. The maximum absolute atomic E-state index is 11.8. The number of pyridine rings is 1. The monoisotopic (exact) mass is 382 g/mol. The number of aromatic nitrogens is 1. The zero-order chi connectivity index (χ0) is 16.1. The number of nitrogens with zero attached hydrogens (tertiary/aromatic N) is 1. The topological polar surface area (TPSA) is 68.3 Å². The molecule has 1 aromatic carbocycles. The van der Waals surface area contributed by atoms with Gasteiger partial charge < -0.3 is 10.1 Å². The molecule has 0 saturated heterocycles. The molecule has 0 atom stereocenters. The summed E-state index contributed by atoms with van der Waals surface area (Å²) in [5, 5.41) is 2.68. The summed E-state index contributed by atoms with van der Waals surface area (Å²) in [4.78, 5) is 27.4. The van der Waals surface area contributed by atoms with Crippen molar-refractivity contribution in [2.75, 3.05) is 11.9 Å². The zero-order valence-electron chi connectivity index (χ0n) is 11.6. The Labute approximate surface area is 140 Å². The van der Waals surface area contributed by atoms with Crippen molar-refractivity contribution in [3.05, 3.63) is 57.3 Å². The number of hydrogen-bond acceptors (Lipinski definition) is 4. The van der Waals surface area contributed by atoms with Crippen molar-refractivity contribution in [1.82, 2.24) is 4.98 Å². The molecule has 0 aliphatic carbocycles. The summed E-state index contributed by atoms with van der Waals surface area (Å²) in [6, 6.07) is 8.54. The molecule has 1 heterocycles. The second-order valence-electron chi connectivity index (χ2n) is 4.45. The van der Waals surface area contributed by atoms with Crippen LogP contribution >= 0.6 is 27.5 Å². The van der Waals surface area contributed by atoms with Crippen molar-refractivity contribution in [3.63, 3.8) is 0 Å². The lowest BCUT2D eigenvalue weighted by atomic mass is 10.2. The van der Waals surface area contributed by atoms with Gasteiger partial charge in [-0.25, -0.2) is 9.78 Å². The van der Waals surface area contributed by atoms with Gasteiger partial charge in [-0.2, -0.15) is 0 Å². The summed E-state index contributed by atoms with van der Waals surface area (Å²) in [6.45, 7) is 1.53. The smallest absolute Gasteiger partial charge is 0.341 e. The molecule has 0 fully saturated rings. The lowest BCUT2D eigenvalue weighted by Crippen LogP contribution is -2.21. The molecule has 2 rings (SSSR count). The standard InChI is InChI=1S/C15H12BrClN2O3/c1-9-4-5-12(11(16)7-9)19-13(20)8-22-15(21)10-3-2-6-18-14(10)17/h2-7H,8H2,1H3,(H,19,20). The van der Waals surface area contributed by atoms with Crippen LogP contribution in [0.5, 0.6) is 0 Å². The fourth-order valence-electron chi connectivity index (χ4n) is 1.65. The maximum Gasteiger partial charge on any atom is 0.341 e. The third-order valence-electron chi connectivity index (χ3n) is 2.71. The van der Waals surface area contributed by atoms with Gasteiger partial charge in [0.25, 0.3) is 5.91 Å². The normalized spacial score (nSPS) is 10.1. The molecule has 0 aliphatic rings. The van der Waals surface area contributed by atoms with Crippen molar-refractivity contribution >= 4 is 45.1 Å². The Bertz CT molecular complexity index is 722. The predicted octanol–water partition coefficient (Wildman–Crippen LogP) is 3.60. The minimum Gasteiger partial charge on any atom is -0.452 e. The second kappa shape index (κ2) is 7.38. The summed E-state index contributed by atoms with van der Waals surface area (Å²) in [7, 11) is 0. The van der Waals surface area contributed by atoms with E-state index in [0.29, 0.717) is 5.69 Å². The van der Waals surface area contributed by atoms with Crippen molar-refractivity contribution in [2.45, 2.75) is 6.92 Å². The van der Waals surface area contributed by atoms with Gasteiger partial charge in [0.05, 0.1) is 11.3 Å². The molecule has 0 bridgehead atoms. The summed E-state index contributed by atoms with van der Waals surface area (Å²) in [5.41, 5.74) is 1.78. The number of rotatable bonds is 4. The maximum atomic E-state index is 11.8. The Kier molecular flexibility index (Phi) is 5.51. The highest BCUT2D eigenvalue weighted by molar-refractivity contribution is 9.10. The Balaban J connectivity index is 1.93. The minimum atomic E-state index is -0.698. The van der Waals surface area contributed by atoms with Crippen LogP contribution in [0.25, 0.3) is 0 Å². The van der Waals surface area contributed by atoms with Crippen LogP contribution in [0.4, 0.5) is 5.69 Å². The fourth-order valence-corrected chi connectivity index (χ4v) is 2.44. The number of nitrogens with one attached hydrogen (secondary N) is 1. The first-order valence-electron chi connectivity index (χ1n) is 6.31. The van der Waals surface area contributed by atoms with Crippen molar-refractivity contribution in [1.29, 1.82) is 0 Å². The highest BCUT2D eigenvalue weighted by Crippen LogP contribution is 2.23. The molecular weight excluding hydrogens is 372 g/mol. The van der Waals surface area contributed by atoms with Gasteiger partial charge in [-0.05, 0) is 52.7 Å². The summed E-state index contributed by atoms with van der Waals surface area (Å²) < 4.78 is 5.67. The number of carbonyl (C=O) groups excluding carboxylic acids is 2. The van der Waals surface area contributed by atoms with Crippen LogP contribution in [0, 0.1) is 6.92 Å². The predicted molar refractivity (Wildman–Crippen MR) is 87.0 cm³/mol. The molecule has 0 radical (unpaired) electrons. The van der Waals surface area contributed by atoms with Gasteiger partial charge in [0.15, 0.2) is 6.61 Å². The molecule has 0 aliphatic heterocycles. The molecule has 5 nitrogen and oxygen atoms in total. The van der Waals surface area contributed by atoms with Crippen LogP contribution in [0.2, 0.25) is 5.15 Å². The Morgan fingerprint density at radius 1 is 1.36 bits per heavy atom. The van der Waals surface area contributed by atoms with E-state index >= 15 is 0 Å². The molecule has 7 heteroatoms. The van der Waals surface area contributed by atoms with Gasteiger partial charge in [0.2, 0.25) is 0 Å². The van der Waals surface area contributed by atoms with Crippen molar-refractivity contribution < 1.29 is 14.3 Å². The molecule has 22 heavy (non-hydrogen) atoms. The van der Waals surface area contributed by atoms with Crippen molar-refractivity contribution in [2.24, 2.45) is 0 Å². The van der Waals surface area contributed by atoms with Gasteiger partial charge in [-0.1, -0.05) is 17.7 Å². The summed E-state index contributed by atoms with van der Waals surface area (Å²) in [6.07, 6.45) is 1.46. The second-order valence-corrected chi connectivity index (χ2v) is 5.66. The molecular formula is C15H12BrClN2O3. The molecule has 0 saturated carbocycles. The number of aryl methyl sites for hydroxylation is 1. The summed E-state index contributed by atoms with van der Waals surface area (Å²) in [5.74, 6) is -1.14. The largest absolute Gasteiger partial charge is 0.452 e. The Morgan fingerprint density at radius 2 is 2.14 bits per heavy atom. The number of benzene rings is 1. The molecule has 1 N–H and O–H groups in total. The minimum absolute atomic E-state index is 0.0363. The van der Waals surface area contributed by atoms with E-state index in [1.807, 2.05) is 19.1 Å². The van der Waals surface area contributed by atoms with Crippen LogP contribution in [-0.4, -0.2) is 23.5 Å². The first-order chi connectivity index (χ1) is 10.5. The van der Waals surface area contributed by atoms with E-state index in [1.165, 1.54) is 12.3 Å². The van der Waals surface area contributed by atoms with E-state index in [0.717, 1.165) is 10.0 Å². The molecule has 0 spiro atoms. The molecule has 2 aromatic rings. The lowest BCUT2D eigenvalue weighted by molar-refractivity contribution is -0.119. The third-order valence-corrected chi connectivity index (χ3v) is 3.67. The van der Waals surface area contributed by atoms with E-state index in [9.17, 15) is 9.59 Å². The van der Waals surface area contributed by atoms with E-state index in [1.54, 1.807) is 12.1 Å². The lowest BCUT2D eigenvalue weighted by Gasteiger charge is -2.09. The number of esters is 1. The Hall–Kier alpha value is -1.92. The van der Waals surface area contributed by atoms with Gasteiger partial charge in [-0.15, -0.1) is 0 Å². The highest BCUT2D eigenvalue weighted by atomic mass is 79.9. The van der Waals surface area contributed by atoms with E-state index in [2.05, 4.69) is 26.2 Å². The average Bonchev–Trinajstić information content (AvgIpc) is 2.48. The van der Waals surface area contributed by atoms with Gasteiger partial charge in [-0.3, -0.25) is 4.79 Å². The van der Waals surface area contributed by atoms with Crippen LogP contribution in [0.1, 0.15) is 15.9 Å². The zero-order valence-corrected chi connectivity index (χ0v) is 13.9.